The van der Waals surface area contributed by atoms with Crippen molar-refractivity contribution >= 4 is 39.1 Å². The van der Waals surface area contributed by atoms with E-state index in [9.17, 15) is 14.0 Å². The molecule has 2 heterocycles. The molecular formula is C27H27FN2O4S. The number of ether oxygens (including phenoxy) is 2. The first-order chi connectivity index (χ1) is 16.9. The number of nitrogens with one attached hydrogen (secondary N) is 1. The summed E-state index contributed by atoms with van der Waals surface area (Å²) in [7, 11) is 0. The number of nitrogens with zero attached hydrogens (tertiary/aromatic N) is 1. The number of thiophene rings is 1. The van der Waals surface area contributed by atoms with E-state index in [1.165, 1.54) is 23.5 Å². The molecule has 0 fully saturated rings. The van der Waals surface area contributed by atoms with Crippen LogP contribution in [0.1, 0.15) is 47.2 Å². The lowest BCUT2D eigenvalue weighted by molar-refractivity contribution is 0.0529. The highest BCUT2D eigenvalue weighted by Gasteiger charge is 2.26. The summed E-state index contributed by atoms with van der Waals surface area (Å²) in [6.07, 6.45) is 0. The SMILES string of the molecule is CCOC(=O)c1c(-c2ccc(F)cc2)csc1NC(=O)c1c(C)c2cc(OCC)ccc2n1CC. The Labute approximate surface area is 207 Å². The monoisotopic (exact) mass is 494 g/mol. The highest BCUT2D eigenvalue weighted by atomic mass is 32.1. The highest BCUT2D eigenvalue weighted by molar-refractivity contribution is 7.15. The molecular weight excluding hydrogens is 467 g/mol. The van der Waals surface area contributed by atoms with Crippen LogP contribution in [0, 0.1) is 12.7 Å². The van der Waals surface area contributed by atoms with E-state index >= 15 is 0 Å². The van der Waals surface area contributed by atoms with Crippen molar-refractivity contribution in [2.24, 2.45) is 0 Å². The number of carbonyl (C=O) groups excluding carboxylic acids is 2. The van der Waals surface area contributed by atoms with Gasteiger partial charge in [-0.15, -0.1) is 11.3 Å². The van der Waals surface area contributed by atoms with Crippen molar-refractivity contribution in [2.45, 2.75) is 34.2 Å². The fourth-order valence-corrected chi connectivity index (χ4v) is 5.19. The van der Waals surface area contributed by atoms with Gasteiger partial charge in [0.1, 0.15) is 27.8 Å². The molecule has 0 aliphatic carbocycles. The molecule has 4 rings (SSSR count). The van der Waals surface area contributed by atoms with Crippen LogP contribution in [0.15, 0.2) is 47.8 Å². The summed E-state index contributed by atoms with van der Waals surface area (Å²) in [5, 5.41) is 6.03. The average Bonchev–Trinajstić information content (AvgIpc) is 3.38. The van der Waals surface area contributed by atoms with Crippen molar-refractivity contribution in [2.75, 3.05) is 18.5 Å². The number of hydrogen-bond acceptors (Lipinski definition) is 5. The van der Waals surface area contributed by atoms with E-state index in [1.807, 2.05) is 43.5 Å². The first-order valence-electron chi connectivity index (χ1n) is 11.5. The molecule has 2 aromatic carbocycles. The molecule has 0 radical (unpaired) electrons. The average molecular weight is 495 g/mol. The molecule has 4 aromatic rings. The van der Waals surface area contributed by atoms with Gasteiger partial charge in [-0.1, -0.05) is 12.1 Å². The number of hydrogen-bond donors (Lipinski definition) is 1. The van der Waals surface area contributed by atoms with Crippen LogP contribution in [0.5, 0.6) is 5.75 Å². The molecule has 1 N–H and O–H groups in total. The quantitative estimate of drug-likeness (QED) is 0.278. The summed E-state index contributed by atoms with van der Waals surface area (Å²) in [5.74, 6) is -0.491. The molecule has 2 aromatic heterocycles. The number of aryl methyl sites for hydroxylation is 2. The first kappa shape index (κ1) is 24.5. The minimum atomic E-state index is -0.544. The van der Waals surface area contributed by atoms with Crippen LogP contribution >= 0.6 is 11.3 Å². The Bertz CT molecular complexity index is 1390. The normalized spacial score (nSPS) is 11.0. The molecule has 0 aliphatic rings. The lowest BCUT2D eigenvalue weighted by Crippen LogP contribution is -2.19. The molecule has 1 amide bonds. The lowest BCUT2D eigenvalue weighted by atomic mass is 10.0. The van der Waals surface area contributed by atoms with E-state index in [4.69, 9.17) is 9.47 Å². The first-order valence-corrected chi connectivity index (χ1v) is 12.4. The molecule has 0 bridgehead atoms. The van der Waals surface area contributed by atoms with Gasteiger partial charge in [0.05, 0.1) is 13.2 Å². The van der Waals surface area contributed by atoms with Gasteiger partial charge in [-0.25, -0.2) is 9.18 Å². The fourth-order valence-electron chi connectivity index (χ4n) is 4.24. The number of anilines is 1. The standard InChI is InChI=1S/C27H27FN2O4S/c1-5-30-22-13-12-19(33-6-2)14-20(22)16(4)24(30)25(31)29-26-23(27(32)34-7-3)21(15-35-26)17-8-10-18(28)11-9-17/h8-15H,5-7H2,1-4H3,(H,29,31). The second-order valence-electron chi connectivity index (χ2n) is 7.86. The molecule has 182 valence electrons. The van der Waals surface area contributed by atoms with Crippen molar-refractivity contribution in [1.82, 2.24) is 4.57 Å². The van der Waals surface area contributed by atoms with Gasteiger partial charge in [-0.05, 0) is 69.2 Å². The highest BCUT2D eigenvalue weighted by Crippen LogP contribution is 2.37. The van der Waals surface area contributed by atoms with Gasteiger partial charge in [0.15, 0.2) is 0 Å². The molecule has 0 aliphatic heterocycles. The van der Waals surface area contributed by atoms with E-state index in [1.54, 1.807) is 24.4 Å². The van der Waals surface area contributed by atoms with Crippen LogP contribution in [-0.2, 0) is 11.3 Å². The van der Waals surface area contributed by atoms with Crippen LogP contribution in [0.25, 0.3) is 22.0 Å². The Morgan fingerprint density at radius 2 is 1.80 bits per heavy atom. The van der Waals surface area contributed by atoms with Crippen LogP contribution in [0.4, 0.5) is 9.39 Å². The molecule has 0 saturated heterocycles. The second kappa shape index (κ2) is 10.3. The van der Waals surface area contributed by atoms with E-state index in [0.717, 1.165) is 22.2 Å². The van der Waals surface area contributed by atoms with E-state index in [0.29, 0.717) is 35.0 Å². The lowest BCUT2D eigenvalue weighted by Gasteiger charge is -2.11. The number of fused-ring (bicyclic) bond motifs is 1. The van der Waals surface area contributed by atoms with Crippen molar-refractivity contribution in [3.63, 3.8) is 0 Å². The fraction of sp³-hybridized carbons (Fsp3) is 0.259. The number of aromatic nitrogens is 1. The maximum Gasteiger partial charge on any atom is 0.341 e. The summed E-state index contributed by atoms with van der Waals surface area (Å²) >= 11 is 1.23. The Morgan fingerprint density at radius 1 is 1.06 bits per heavy atom. The zero-order valence-corrected chi connectivity index (χ0v) is 20.9. The maximum absolute atomic E-state index is 13.6. The topological polar surface area (TPSA) is 69.6 Å². The molecule has 0 atom stereocenters. The zero-order valence-electron chi connectivity index (χ0n) is 20.1. The van der Waals surface area contributed by atoms with Crippen molar-refractivity contribution in [3.8, 4) is 16.9 Å². The largest absolute Gasteiger partial charge is 0.494 e. The van der Waals surface area contributed by atoms with Crippen LogP contribution in [0.3, 0.4) is 0 Å². The Hall–Kier alpha value is -3.65. The van der Waals surface area contributed by atoms with Gasteiger partial charge < -0.3 is 19.4 Å². The summed E-state index contributed by atoms with van der Waals surface area (Å²) in [4.78, 5) is 26.4. The molecule has 0 saturated carbocycles. The summed E-state index contributed by atoms with van der Waals surface area (Å²) in [6.45, 7) is 8.87. The van der Waals surface area contributed by atoms with Gasteiger partial charge in [0.25, 0.3) is 5.91 Å². The van der Waals surface area contributed by atoms with Gasteiger partial charge in [0.2, 0.25) is 0 Å². The van der Waals surface area contributed by atoms with Crippen molar-refractivity contribution < 1.29 is 23.5 Å². The summed E-state index contributed by atoms with van der Waals surface area (Å²) in [6, 6.07) is 11.7. The predicted molar refractivity (Wildman–Crippen MR) is 137 cm³/mol. The third kappa shape index (κ3) is 4.66. The van der Waals surface area contributed by atoms with Crippen LogP contribution in [0.2, 0.25) is 0 Å². The Kier molecular flexibility index (Phi) is 7.21. The van der Waals surface area contributed by atoms with Crippen molar-refractivity contribution in [3.05, 3.63) is 70.5 Å². The van der Waals surface area contributed by atoms with E-state index in [-0.39, 0.29) is 23.9 Å². The van der Waals surface area contributed by atoms with Gasteiger partial charge >= 0.3 is 5.97 Å². The number of esters is 1. The smallest absolute Gasteiger partial charge is 0.341 e. The second-order valence-corrected chi connectivity index (χ2v) is 8.74. The molecule has 35 heavy (non-hydrogen) atoms. The summed E-state index contributed by atoms with van der Waals surface area (Å²) in [5.41, 5.74) is 3.78. The molecule has 0 unspecified atom stereocenters. The minimum Gasteiger partial charge on any atom is -0.494 e. The maximum atomic E-state index is 13.6. The van der Waals surface area contributed by atoms with Gasteiger partial charge in [-0.3, -0.25) is 4.79 Å². The van der Waals surface area contributed by atoms with Gasteiger partial charge in [0, 0.05) is 28.4 Å². The van der Waals surface area contributed by atoms with Crippen LogP contribution < -0.4 is 10.1 Å². The van der Waals surface area contributed by atoms with Gasteiger partial charge in [-0.2, -0.15) is 0 Å². The molecule has 0 spiro atoms. The summed E-state index contributed by atoms with van der Waals surface area (Å²) < 4.78 is 26.3. The number of amides is 1. The van der Waals surface area contributed by atoms with E-state index < -0.39 is 5.97 Å². The minimum absolute atomic E-state index is 0.191. The zero-order chi connectivity index (χ0) is 25.1. The Balaban J connectivity index is 1.76. The number of benzene rings is 2. The molecule has 8 heteroatoms. The third-order valence-electron chi connectivity index (χ3n) is 5.78. The number of halogens is 1. The van der Waals surface area contributed by atoms with E-state index in [2.05, 4.69) is 5.32 Å². The molecule has 6 nitrogen and oxygen atoms in total. The van der Waals surface area contributed by atoms with Crippen LogP contribution in [-0.4, -0.2) is 29.7 Å². The third-order valence-corrected chi connectivity index (χ3v) is 6.68. The number of rotatable bonds is 8. The number of carbonyl (C=O) groups is 2. The predicted octanol–water partition coefficient (Wildman–Crippen LogP) is 6.66. The Morgan fingerprint density at radius 3 is 2.46 bits per heavy atom. The van der Waals surface area contributed by atoms with Crippen molar-refractivity contribution in [1.29, 1.82) is 0 Å².